The minimum absolute atomic E-state index is 0. The number of amides is 1. The second-order valence-corrected chi connectivity index (χ2v) is 7.19. The fraction of sp³-hybridized carbons (Fsp3) is 0.812. The molecule has 6 heteroatoms. The number of rotatable bonds is 3. The van der Waals surface area contributed by atoms with Crippen LogP contribution in [0.5, 0.6) is 0 Å². The van der Waals surface area contributed by atoms with Gasteiger partial charge in [0.1, 0.15) is 0 Å². The highest BCUT2D eigenvalue weighted by Crippen LogP contribution is 2.24. The van der Waals surface area contributed by atoms with Crippen molar-refractivity contribution in [3.63, 3.8) is 0 Å². The minimum atomic E-state index is -0.268. The number of nitrogens with one attached hydrogen (secondary N) is 1. The van der Waals surface area contributed by atoms with Crippen molar-refractivity contribution in [2.45, 2.75) is 66.8 Å². The first-order chi connectivity index (χ1) is 10.3. The Morgan fingerprint density at radius 1 is 1.45 bits per heavy atom. The highest BCUT2D eigenvalue weighted by atomic mass is 32.2. The Hall–Kier alpha value is -0.880. The summed E-state index contributed by atoms with van der Waals surface area (Å²) in [5.41, 5.74) is 5.52. The molecule has 1 rings (SSSR count). The summed E-state index contributed by atoms with van der Waals surface area (Å²) in [7, 11) is 0. The zero-order valence-electron chi connectivity index (χ0n) is 14.9. The molecule has 0 aromatic carbocycles. The van der Waals surface area contributed by atoms with Gasteiger partial charge in [-0.05, 0) is 44.1 Å². The fourth-order valence-corrected chi connectivity index (χ4v) is 2.78. The lowest BCUT2D eigenvalue weighted by atomic mass is 9.99. The second kappa shape index (κ2) is 10.0. The van der Waals surface area contributed by atoms with E-state index >= 15 is 0 Å². The number of nitrogens with zero attached hydrogens (tertiary/aromatic N) is 2. The SMILES string of the molecule is CC.CCCN1CCCC1C(=O)N=C(N)SC(=N)C(C)(C)C.[HH]. The molecule has 5 nitrogen and oxygen atoms in total. The van der Waals surface area contributed by atoms with Crippen LogP contribution in [0.25, 0.3) is 0 Å². The first-order valence-corrected chi connectivity index (χ1v) is 8.96. The molecule has 0 aliphatic carbocycles. The maximum absolute atomic E-state index is 12.2. The molecular formula is C16H34N4OS. The van der Waals surface area contributed by atoms with E-state index < -0.39 is 0 Å². The smallest absolute Gasteiger partial charge is 0.265 e. The average molecular weight is 331 g/mol. The third kappa shape index (κ3) is 6.92. The average Bonchev–Trinajstić information content (AvgIpc) is 2.88. The van der Waals surface area contributed by atoms with Crippen molar-refractivity contribution in [3.8, 4) is 0 Å². The van der Waals surface area contributed by atoms with Crippen LogP contribution in [0.3, 0.4) is 0 Å². The normalized spacial score (nSPS) is 19.5. The van der Waals surface area contributed by atoms with E-state index in [4.69, 9.17) is 11.1 Å². The Balaban J connectivity index is 0. The molecule has 0 aromatic rings. The van der Waals surface area contributed by atoms with E-state index in [0.717, 1.165) is 44.1 Å². The van der Waals surface area contributed by atoms with E-state index in [9.17, 15) is 4.79 Å². The summed E-state index contributed by atoms with van der Waals surface area (Å²) >= 11 is 1.08. The van der Waals surface area contributed by atoms with Gasteiger partial charge in [-0.25, -0.2) is 0 Å². The maximum atomic E-state index is 12.2. The lowest BCUT2D eigenvalue weighted by Crippen LogP contribution is -2.36. The van der Waals surface area contributed by atoms with E-state index in [1.54, 1.807) is 0 Å². The number of carbonyl (C=O) groups is 1. The maximum Gasteiger partial charge on any atom is 0.265 e. The van der Waals surface area contributed by atoms with Crippen LogP contribution in [0.4, 0.5) is 0 Å². The second-order valence-electron chi connectivity index (χ2n) is 6.16. The minimum Gasteiger partial charge on any atom is -0.378 e. The monoisotopic (exact) mass is 330 g/mol. The first-order valence-electron chi connectivity index (χ1n) is 8.14. The predicted molar refractivity (Wildman–Crippen MR) is 99.8 cm³/mol. The number of nitrogens with two attached hydrogens (primary N) is 1. The molecule has 1 aliphatic heterocycles. The molecule has 130 valence electrons. The van der Waals surface area contributed by atoms with Crippen molar-refractivity contribution < 1.29 is 6.22 Å². The molecule has 0 radical (unpaired) electrons. The van der Waals surface area contributed by atoms with Crippen LogP contribution in [0.1, 0.15) is 62.2 Å². The number of hydrogen-bond donors (Lipinski definition) is 2. The van der Waals surface area contributed by atoms with E-state index in [2.05, 4.69) is 16.8 Å². The summed E-state index contributed by atoms with van der Waals surface area (Å²) in [6, 6.07) is -0.127. The van der Waals surface area contributed by atoms with Gasteiger partial charge in [0.25, 0.3) is 5.91 Å². The van der Waals surface area contributed by atoms with Crippen molar-refractivity contribution in [2.24, 2.45) is 16.1 Å². The lowest BCUT2D eigenvalue weighted by Gasteiger charge is -2.21. The standard InChI is InChI=1S/C14H26N4OS.C2H6.H2/c1-5-8-18-9-6-7-10(18)11(19)17-13(16)20-12(15)14(2,3)4;1-2;/h10,15H,5-9H2,1-4H3,(H2,16,17,19);1-2H3;1H. The molecule has 1 unspecified atom stereocenters. The number of hydrogen-bond acceptors (Lipinski definition) is 4. The topological polar surface area (TPSA) is 82.5 Å². The van der Waals surface area contributed by atoms with Crippen molar-refractivity contribution in [3.05, 3.63) is 0 Å². The summed E-state index contributed by atoms with van der Waals surface area (Å²) in [6.07, 6.45) is 2.93. The molecule has 0 spiro atoms. The van der Waals surface area contributed by atoms with Crippen LogP contribution in [0, 0.1) is 10.8 Å². The molecule has 3 N–H and O–H groups in total. The van der Waals surface area contributed by atoms with Gasteiger partial charge in [-0.3, -0.25) is 15.1 Å². The zero-order valence-corrected chi connectivity index (χ0v) is 15.7. The molecular weight excluding hydrogens is 296 g/mol. The van der Waals surface area contributed by atoms with Gasteiger partial charge in [0, 0.05) is 6.84 Å². The Morgan fingerprint density at radius 3 is 2.55 bits per heavy atom. The van der Waals surface area contributed by atoms with Gasteiger partial charge >= 0.3 is 0 Å². The van der Waals surface area contributed by atoms with Crippen molar-refractivity contribution in [1.82, 2.24) is 4.90 Å². The van der Waals surface area contributed by atoms with Gasteiger partial charge in [0.15, 0.2) is 5.17 Å². The highest BCUT2D eigenvalue weighted by molar-refractivity contribution is 8.26. The highest BCUT2D eigenvalue weighted by Gasteiger charge is 2.30. The number of thioether (sulfide) groups is 1. The Morgan fingerprint density at radius 2 is 2.05 bits per heavy atom. The number of aliphatic imine (C=N–C) groups is 1. The van der Waals surface area contributed by atoms with Crippen LogP contribution >= 0.6 is 11.8 Å². The van der Waals surface area contributed by atoms with Crippen molar-refractivity contribution >= 4 is 27.9 Å². The molecule has 1 fully saturated rings. The summed E-state index contributed by atoms with van der Waals surface area (Å²) in [6.45, 7) is 13.8. The molecule has 1 aliphatic rings. The van der Waals surface area contributed by atoms with Crippen molar-refractivity contribution in [2.75, 3.05) is 13.1 Å². The molecule has 0 saturated carbocycles. The molecule has 1 amide bonds. The Bertz CT molecular complexity index is 407. The number of likely N-dealkylation sites (tertiary alicyclic amines) is 1. The summed E-state index contributed by atoms with van der Waals surface area (Å²) < 4.78 is 0. The lowest BCUT2D eigenvalue weighted by molar-refractivity contribution is -0.122. The molecule has 0 bridgehead atoms. The van der Waals surface area contributed by atoms with Gasteiger partial charge in [-0.2, -0.15) is 4.99 Å². The van der Waals surface area contributed by atoms with Gasteiger partial charge < -0.3 is 5.73 Å². The Kier molecular flexibility index (Phi) is 9.60. The number of carbonyl (C=O) groups excluding carboxylic acids is 1. The van der Waals surface area contributed by atoms with Crippen LogP contribution < -0.4 is 5.73 Å². The predicted octanol–water partition coefficient (Wildman–Crippen LogP) is 3.73. The Labute approximate surface area is 141 Å². The fourth-order valence-electron chi connectivity index (χ4n) is 2.12. The van der Waals surface area contributed by atoms with Crippen LogP contribution in [0.15, 0.2) is 4.99 Å². The van der Waals surface area contributed by atoms with Crippen LogP contribution in [-0.2, 0) is 4.79 Å². The first kappa shape index (κ1) is 21.1. The molecule has 1 atom stereocenters. The van der Waals surface area contributed by atoms with Crippen molar-refractivity contribution in [1.29, 1.82) is 5.41 Å². The van der Waals surface area contributed by atoms with Crippen LogP contribution in [-0.4, -0.2) is 40.1 Å². The third-order valence-corrected chi connectivity index (χ3v) is 4.38. The van der Waals surface area contributed by atoms with Gasteiger partial charge in [-0.1, -0.05) is 41.5 Å². The quantitative estimate of drug-likeness (QED) is 0.610. The zero-order chi connectivity index (χ0) is 17.3. The summed E-state index contributed by atoms with van der Waals surface area (Å²) in [5.74, 6) is -0.164. The largest absolute Gasteiger partial charge is 0.378 e. The van der Waals surface area contributed by atoms with Gasteiger partial charge in [-0.15, -0.1) is 0 Å². The summed E-state index contributed by atoms with van der Waals surface area (Å²) in [5, 5.41) is 8.51. The van der Waals surface area contributed by atoms with E-state index in [1.807, 2.05) is 34.6 Å². The van der Waals surface area contributed by atoms with E-state index in [1.165, 1.54) is 0 Å². The van der Waals surface area contributed by atoms with Gasteiger partial charge in [0.05, 0.1) is 11.1 Å². The molecule has 22 heavy (non-hydrogen) atoms. The summed E-state index contributed by atoms with van der Waals surface area (Å²) in [4.78, 5) is 18.3. The van der Waals surface area contributed by atoms with E-state index in [0.29, 0.717) is 5.04 Å². The molecule has 0 aromatic heterocycles. The number of amidine groups is 1. The van der Waals surface area contributed by atoms with Crippen LogP contribution in [0.2, 0.25) is 0 Å². The van der Waals surface area contributed by atoms with Gasteiger partial charge in [0.2, 0.25) is 0 Å². The van der Waals surface area contributed by atoms with E-state index in [-0.39, 0.29) is 24.0 Å². The molecule has 1 heterocycles. The molecule has 1 saturated heterocycles. The third-order valence-electron chi connectivity index (χ3n) is 3.27.